The number of ether oxygens (including phenoxy) is 1. The van der Waals surface area contributed by atoms with Crippen LogP contribution in [0.1, 0.15) is 17.2 Å². The van der Waals surface area contributed by atoms with Gasteiger partial charge >= 0.3 is 5.97 Å². The highest BCUT2D eigenvalue weighted by atomic mass is 35.5. The molecular weight excluding hydrogens is 246 g/mol. The Morgan fingerprint density at radius 1 is 1.53 bits per heavy atom. The third kappa shape index (κ3) is 2.94. The van der Waals surface area contributed by atoms with Gasteiger partial charge in [-0.1, -0.05) is 17.7 Å². The van der Waals surface area contributed by atoms with Gasteiger partial charge in [-0.15, -0.1) is 0 Å². The molecule has 0 aliphatic heterocycles. The fourth-order valence-electron chi connectivity index (χ4n) is 1.24. The SMILES string of the molecule is COC(=O)C(O)C(O)c1ccc(C#N)c(Cl)c1. The molecule has 5 nitrogen and oxygen atoms in total. The summed E-state index contributed by atoms with van der Waals surface area (Å²) < 4.78 is 4.30. The number of halogens is 1. The highest BCUT2D eigenvalue weighted by Gasteiger charge is 2.26. The van der Waals surface area contributed by atoms with Crippen LogP contribution in [0.5, 0.6) is 0 Å². The zero-order valence-electron chi connectivity index (χ0n) is 8.92. The van der Waals surface area contributed by atoms with Gasteiger partial charge in [0, 0.05) is 0 Å². The number of benzene rings is 1. The second-order valence-corrected chi connectivity index (χ2v) is 3.67. The zero-order valence-corrected chi connectivity index (χ0v) is 9.68. The molecule has 0 aliphatic carbocycles. The van der Waals surface area contributed by atoms with Crippen molar-refractivity contribution in [3.05, 3.63) is 34.3 Å². The van der Waals surface area contributed by atoms with Crippen LogP contribution in [0.15, 0.2) is 18.2 Å². The van der Waals surface area contributed by atoms with E-state index in [1.165, 1.54) is 18.2 Å². The molecule has 90 valence electrons. The minimum absolute atomic E-state index is 0.140. The van der Waals surface area contributed by atoms with Crippen molar-refractivity contribution in [1.29, 1.82) is 5.26 Å². The van der Waals surface area contributed by atoms with Crippen LogP contribution in [0, 0.1) is 11.3 Å². The molecule has 6 heteroatoms. The van der Waals surface area contributed by atoms with Gasteiger partial charge in [-0.05, 0) is 17.7 Å². The van der Waals surface area contributed by atoms with Gasteiger partial charge in [-0.3, -0.25) is 0 Å². The Kier molecular flexibility index (Phi) is 4.46. The number of aliphatic hydroxyl groups excluding tert-OH is 2. The monoisotopic (exact) mass is 255 g/mol. The van der Waals surface area contributed by atoms with Gasteiger partial charge in [0.25, 0.3) is 0 Å². The first-order chi connectivity index (χ1) is 8.01. The highest BCUT2D eigenvalue weighted by molar-refractivity contribution is 6.31. The van der Waals surface area contributed by atoms with Gasteiger partial charge in [0.1, 0.15) is 12.2 Å². The topological polar surface area (TPSA) is 90.6 Å². The first-order valence-electron chi connectivity index (χ1n) is 4.64. The highest BCUT2D eigenvalue weighted by Crippen LogP contribution is 2.23. The van der Waals surface area contributed by atoms with E-state index in [2.05, 4.69) is 4.74 Å². The van der Waals surface area contributed by atoms with Crippen LogP contribution in [0.2, 0.25) is 5.02 Å². The molecule has 2 N–H and O–H groups in total. The zero-order chi connectivity index (χ0) is 13.0. The lowest BCUT2D eigenvalue weighted by Gasteiger charge is -2.16. The van der Waals surface area contributed by atoms with E-state index in [0.717, 1.165) is 7.11 Å². The minimum Gasteiger partial charge on any atom is -0.467 e. The predicted octanol–water partition coefficient (Wildman–Crippen LogP) is 0.779. The van der Waals surface area contributed by atoms with Crippen LogP contribution in [-0.4, -0.2) is 29.4 Å². The van der Waals surface area contributed by atoms with Gasteiger partial charge in [0.15, 0.2) is 6.10 Å². The van der Waals surface area contributed by atoms with E-state index in [9.17, 15) is 15.0 Å². The van der Waals surface area contributed by atoms with Crippen molar-refractivity contribution in [1.82, 2.24) is 0 Å². The summed E-state index contributed by atoms with van der Waals surface area (Å²) in [5, 5.41) is 27.9. The molecule has 0 bridgehead atoms. The summed E-state index contributed by atoms with van der Waals surface area (Å²) in [4.78, 5) is 11.0. The molecule has 0 saturated carbocycles. The lowest BCUT2D eigenvalue weighted by molar-refractivity contribution is -0.156. The molecule has 2 atom stereocenters. The first-order valence-corrected chi connectivity index (χ1v) is 5.02. The second-order valence-electron chi connectivity index (χ2n) is 3.26. The smallest absolute Gasteiger partial charge is 0.337 e. The van der Waals surface area contributed by atoms with E-state index in [1.54, 1.807) is 0 Å². The van der Waals surface area contributed by atoms with E-state index >= 15 is 0 Å². The Labute approximate surface area is 103 Å². The number of esters is 1. The third-order valence-electron chi connectivity index (χ3n) is 2.20. The summed E-state index contributed by atoms with van der Waals surface area (Å²) in [6.45, 7) is 0. The van der Waals surface area contributed by atoms with Crippen molar-refractivity contribution in [3.8, 4) is 6.07 Å². The number of carbonyl (C=O) groups excluding carboxylic acids is 1. The number of hydrogen-bond donors (Lipinski definition) is 2. The summed E-state index contributed by atoms with van der Waals surface area (Å²) in [6, 6.07) is 5.97. The third-order valence-corrected chi connectivity index (χ3v) is 2.51. The number of rotatable bonds is 3. The van der Waals surface area contributed by atoms with Gasteiger partial charge < -0.3 is 14.9 Å². The predicted molar refractivity (Wildman–Crippen MR) is 59.1 cm³/mol. The summed E-state index contributed by atoms with van der Waals surface area (Å²) in [7, 11) is 1.10. The van der Waals surface area contributed by atoms with Crippen LogP contribution in [0.4, 0.5) is 0 Å². The molecule has 0 aromatic heterocycles. The number of nitrogens with zero attached hydrogens (tertiary/aromatic N) is 1. The van der Waals surface area contributed by atoms with Crippen LogP contribution in [0.25, 0.3) is 0 Å². The Balaban J connectivity index is 2.98. The molecule has 0 heterocycles. The van der Waals surface area contributed by atoms with E-state index in [-0.39, 0.29) is 16.1 Å². The fraction of sp³-hybridized carbons (Fsp3) is 0.273. The molecule has 0 fully saturated rings. The van der Waals surface area contributed by atoms with Crippen molar-refractivity contribution >= 4 is 17.6 Å². The summed E-state index contributed by atoms with van der Waals surface area (Å²) in [5.41, 5.74) is 0.474. The number of aliphatic hydroxyl groups is 2. The van der Waals surface area contributed by atoms with Gasteiger partial charge in [-0.25, -0.2) is 4.79 Å². The molecule has 0 aliphatic rings. The number of hydrogen-bond acceptors (Lipinski definition) is 5. The standard InChI is InChI=1S/C11H10ClNO4/c1-17-11(16)10(15)9(14)6-2-3-7(5-13)8(12)4-6/h2-4,9-10,14-15H,1H3. The van der Waals surface area contributed by atoms with Gasteiger partial charge in [-0.2, -0.15) is 5.26 Å². The Morgan fingerprint density at radius 3 is 2.65 bits per heavy atom. The van der Waals surface area contributed by atoms with Crippen molar-refractivity contribution in [3.63, 3.8) is 0 Å². The Morgan fingerprint density at radius 2 is 2.18 bits per heavy atom. The molecule has 1 aromatic rings. The molecule has 0 spiro atoms. The average molecular weight is 256 g/mol. The van der Waals surface area contributed by atoms with E-state index < -0.39 is 18.2 Å². The molecule has 0 radical (unpaired) electrons. The maximum atomic E-state index is 11.0. The minimum atomic E-state index is -1.69. The largest absolute Gasteiger partial charge is 0.467 e. The number of methoxy groups -OCH3 is 1. The van der Waals surface area contributed by atoms with Crippen LogP contribution >= 0.6 is 11.6 Å². The van der Waals surface area contributed by atoms with Gasteiger partial charge in [0.2, 0.25) is 0 Å². The molecular formula is C11H10ClNO4. The van der Waals surface area contributed by atoms with Gasteiger partial charge in [0.05, 0.1) is 17.7 Å². The number of carbonyl (C=O) groups is 1. The quantitative estimate of drug-likeness (QED) is 0.779. The maximum Gasteiger partial charge on any atom is 0.337 e. The van der Waals surface area contributed by atoms with Crippen LogP contribution in [-0.2, 0) is 9.53 Å². The second kappa shape index (κ2) is 5.64. The van der Waals surface area contributed by atoms with Crippen molar-refractivity contribution in [2.75, 3.05) is 7.11 Å². The summed E-state index contributed by atoms with van der Waals surface area (Å²) >= 11 is 5.76. The van der Waals surface area contributed by atoms with Crippen molar-refractivity contribution in [2.24, 2.45) is 0 Å². The molecule has 2 unspecified atom stereocenters. The molecule has 0 amide bonds. The summed E-state index contributed by atoms with van der Waals surface area (Å²) in [5.74, 6) is -0.946. The molecule has 1 rings (SSSR count). The van der Waals surface area contributed by atoms with E-state index in [1.807, 2.05) is 6.07 Å². The summed E-state index contributed by atoms with van der Waals surface area (Å²) in [6.07, 6.45) is -3.14. The molecule has 1 aromatic carbocycles. The molecule has 0 saturated heterocycles. The molecule has 17 heavy (non-hydrogen) atoms. The fourth-order valence-corrected chi connectivity index (χ4v) is 1.47. The lowest BCUT2D eigenvalue weighted by atomic mass is 10.0. The van der Waals surface area contributed by atoms with Crippen molar-refractivity contribution < 1.29 is 19.7 Å². The van der Waals surface area contributed by atoms with Crippen molar-refractivity contribution in [2.45, 2.75) is 12.2 Å². The lowest BCUT2D eigenvalue weighted by Crippen LogP contribution is -2.29. The Hall–Kier alpha value is -1.61. The Bertz CT molecular complexity index is 469. The average Bonchev–Trinajstić information content (AvgIpc) is 2.35. The number of nitriles is 1. The van der Waals surface area contributed by atoms with E-state index in [4.69, 9.17) is 16.9 Å². The van der Waals surface area contributed by atoms with E-state index in [0.29, 0.717) is 0 Å². The first kappa shape index (κ1) is 13.5. The normalized spacial score (nSPS) is 13.6. The van der Waals surface area contributed by atoms with Crippen LogP contribution in [0.3, 0.4) is 0 Å². The maximum absolute atomic E-state index is 11.0. The van der Waals surface area contributed by atoms with Crippen LogP contribution < -0.4 is 0 Å².